The van der Waals surface area contributed by atoms with Crippen LogP contribution in [0.3, 0.4) is 0 Å². The summed E-state index contributed by atoms with van der Waals surface area (Å²) in [6.45, 7) is 3.96. The van der Waals surface area contributed by atoms with E-state index in [1.807, 2.05) is 0 Å². The monoisotopic (exact) mass is 349 g/mol. The second kappa shape index (κ2) is 9.26. The Morgan fingerprint density at radius 3 is 2.96 bits per heavy atom. The van der Waals surface area contributed by atoms with E-state index in [0.717, 1.165) is 50.2 Å². The molecule has 8 nitrogen and oxygen atoms in total. The molecular weight excluding hydrogens is 321 g/mol. The summed E-state index contributed by atoms with van der Waals surface area (Å²) < 4.78 is 5.92. The van der Waals surface area contributed by atoms with Crippen molar-refractivity contribution in [1.82, 2.24) is 15.4 Å². The van der Waals surface area contributed by atoms with Gasteiger partial charge in [0.2, 0.25) is 0 Å². The molecule has 0 aromatic heterocycles. The van der Waals surface area contributed by atoms with E-state index in [1.54, 1.807) is 17.2 Å². The topological polar surface area (TPSA) is 84.6 Å². The second-order valence-electron chi connectivity index (χ2n) is 5.95. The number of nitrogens with two attached hydrogens (primary N) is 1. The molecule has 3 aliphatic heterocycles. The predicted molar refractivity (Wildman–Crippen MR) is 86.7 cm³/mol. The molecule has 132 valence electrons. The maximum Gasteiger partial charge on any atom is 1.00 e. The number of hydrogen-bond acceptors (Lipinski definition) is 8. The van der Waals surface area contributed by atoms with Gasteiger partial charge in [-0.2, -0.15) is 0 Å². The van der Waals surface area contributed by atoms with Crippen LogP contribution in [0, 0.1) is 0 Å². The first kappa shape index (κ1) is 19.8. The Hall–Kier alpha value is -0.510. The molecule has 0 radical (unpaired) electrons. The zero-order valence-corrected chi connectivity index (χ0v) is 17.0. The minimum absolute atomic E-state index is 0. The minimum atomic E-state index is -0.116. The number of amidine groups is 1. The molecule has 3 heterocycles. The fraction of sp³-hybridized carbons (Fsp3) is 0.800. The van der Waals surface area contributed by atoms with Crippen LogP contribution in [-0.2, 0) is 14.4 Å². The van der Waals surface area contributed by atoms with Crippen molar-refractivity contribution in [2.75, 3.05) is 27.0 Å². The number of rotatable bonds is 6. The number of unbranched alkanes of at least 4 members (excludes halogenated alkanes) is 1. The van der Waals surface area contributed by atoms with E-state index in [-0.39, 0.29) is 43.3 Å². The molecule has 0 aromatic rings. The number of nitrogens with one attached hydrogen (secondary N) is 1. The van der Waals surface area contributed by atoms with Gasteiger partial charge in [0.1, 0.15) is 6.67 Å². The maximum atomic E-state index is 6.10. The molecule has 0 aliphatic carbocycles. The first-order valence-electron chi connectivity index (χ1n) is 8.42. The summed E-state index contributed by atoms with van der Waals surface area (Å²) in [6.07, 6.45) is 5.29. The van der Waals surface area contributed by atoms with Gasteiger partial charge in [0.25, 0.3) is 0 Å². The van der Waals surface area contributed by atoms with Crippen molar-refractivity contribution in [1.29, 1.82) is 0 Å². The predicted octanol–water partition coefficient (Wildman–Crippen LogP) is -2.00. The quantitative estimate of drug-likeness (QED) is 0.424. The van der Waals surface area contributed by atoms with Gasteiger partial charge in [-0.15, -0.1) is 0 Å². The van der Waals surface area contributed by atoms with Crippen LogP contribution in [0.2, 0.25) is 0 Å². The fourth-order valence-corrected chi connectivity index (χ4v) is 3.11. The van der Waals surface area contributed by atoms with Gasteiger partial charge in [-0.25, -0.2) is 15.1 Å². The van der Waals surface area contributed by atoms with E-state index >= 15 is 0 Å². The van der Waals surface area contributed by atoms with Gasteiger partial charge in [-0.1, -0.05) is 13.3 Å². The van der Waals surface area contributed by atoms with Crippen molar-refractivity contribution in [3.8, 4) is 0 Å². The molecule has 1 saturated heterocycles. The second-order valence-corrected chi connectivity index (χ2v) is 5.95. The third kappa shape index (κ3) is 4.00. The molecule has 3 N–H and O–H groups in total. The molecule has 2 unspecified atom stereocenters. The number of aliphatic imine (C=N–C) groups is 1. The third-order valence-electron chi connectivity index (χ3n) is 4.35. The van der Waals surface area contributed by atoms with Crippen LogP contribution >= 0.6 is 0 Å². The molecular formula is C15H28N5NaO3. The molecule has 24 heavy (non-hydrogen) atoms. The van der Waals surface area contributed by atoms with Gasteiger partial charge in [-0.05, 0) is 25.7 Å². The van der Waals surface area contributed by atoms with E-state index in [2.05, 4.69) is 17.2 Å². The van der Waals surface area contributed by atoms with Gasteiger partial charge in [0, 0.05) is 6.61 Å². The Morgan fingerprint density at radius 1 is 1.46 bits per heavy atom. The number of hydroxylamine groups is 4. The average Bonchev–Trinajstić information content (AvgIpc) is 2.98. The molecule has 9 heteroatoms. The van der Waals surface area contributed by atoms with Crippen molar-refractivity contribution in [3.63, 3.8) is 0 Å². The Labute approximate surface area is 167 Å². The molecule has 0 aromatic carbocycles. The Morgan fingerprint density at radius 2 is 2.29 bits per heavy atom. The zero-order chi connectivity index (χ0) is 16.2. The van der Waals surface area contributed by atoms with Crippen LogP contribution in [-0.4, -0.2) is 55.2 Å². The van der Waals surface area contributed by atoms with E-state index in [9.17, 15) is 0 Å². The Bertz CT molecular complexity index is 488. The SMILES string of the molecule is CCCCON1CN=C(N)C2=C1NC(C1CCCCO1)N2OC.[H-].[Na+]. The van der Waals surface area contributed by atoms with Gasteiger partial charge >= 0.3 is 29.6 Å². The van der Waals surface area contributed by atoms with Gasteiger partial charge < -0.3 is 17.2 Å². The van der Waals surface area contributed by atoms with Crippen LogP contribution < -0.4 is 40.6 Å². The minimum Gasteiger partial charge on any atom is -1.00 e. The molecule has 3 rings (SSSR count). The van der Waals surface area contributed by atoms with E-state index in [4.69, 9.17) is 20.1 Å². The number of nitrogens with zero attached hydrogens (tertiary/aromatic N) is 3. The molecule has 3 aliphatic rings. The van der Waals surface area contributed by atoms with Gasteiger partial charge in [-0.3, -0.25) is 9.68 Å². The summed E-state index contributed by atoms with van der Waals surface area (Å²) in [4.78, 5) is 15.8. The molecule has 2 atom stereocenters. The summed E-state index contributed by atoms with van der Waals surface area (Å²) >= 11 is 0. The Balaban J connectivity index is 0.00000156. The smallest absolute Gasteiger partial charge is 1.00 e. The summed E-state index contributed by atoms with van der Waals surface area (Å²) in [5.74, 6) is 1.28. The third-order valence-corrected chi connectivity index (χ3v) is 4.35. The summed E-state index contributed by atoms with van der Waals surface area (Å²) in [6, 6.07) is 0. The zero-order valence-electron chi connectivity index (χ0n) is 16.0. The van der Waals surface area contributed by atoms with Crippen LogP contribution in [0.1, 0.15) is 40.5 Å². The summed E-state index contributed by atoms with van der Waals surface area (Å²) in [7, 11) is 1.64. The van der Waals surface area contributed by atoms with E-state index in [1.165, 1.54) is 0 Å². The first-order chi connectivity index (χ1) is 11.3. The Kier molecular flexibility index (Phi) is 7.64. The largest absolute Gasteiger partial charge is 1.00 e. The molecule has 0 bridgehead atoms. The number of ether oxygens (including phenoxy) is 1. The van der Waals surface area contributed by atoms with Crippen LogP contribution in [0.15, 0.2) is 16.5 Å². The molecule has 0 amide bonds. The van der Waals surface area contributed by atoms with Crippen molar-refractivity contribution >= 4 is 5.84 Å². The van der Waals surface area contributed by atoms with Crippen molar-refractivity contribution in [2.24, 2.45) is 10.7 Å². The summed E-state index contributed by atoms with van der Waals surface area (Å²) in [5.41, 5.74) is 6.83. The van der Waals surface area contributed by atoms with Crippen molar-refractivity contribution < 1.29 is 45.4 Å². The van der Waals surface area contributed by atoms with E-state index < -0.39 is 0 Å². The summed E-state index contributed by atoms with van der Waals surface area (Å²) in [5, 5.41) is 6.99. The first-order valence-corrected chi connectivity index (χ1v) is 8.42. The average molecular weight is 349 g/mol. The standard InChI is InChI=1S/C15H27N5O3.Na.H/c1-3-4-9-23-19-10-17-13(16)12-15(19)18-14(20(12)21-2)11-7-5-6-8-22-11;;/h11,14,18H,3-10H2,1-2H3,(H2,16,17);;/q;+1;-1. The van der Waals surface area contributed by atoms with Gasteiger partial charge in [0.15, 0.2) is 23.5 Å². The van der Waals surface area contributed by atoms with Crippen LogP contribution in [0.4, 0.5) is 0 Å². The molecule has 0 saturated carbocycles. The van der Waals surface area contributed by atoms with E-state index in [0.29, 0.717) is 19.1 Å². The molecule has 1 fully saturated rings. The maximum absolute atomic E-state index is 6.10. The van der Waals surface area contributed by atoms with Crippen molar-refractivity contribution in [2.45, 2.75) is 51.3 Å². The number of hydrogen-bond donors (Lipinski definition) is 2. The normalized spacial score (nSPS) is 26.7. The van der Waals surface area contributed by atoms with Gasteiger partial charge in [0.05, 0.1) is 19.8 Å². The fourth-order valence-electron chi connectivity index (χ4n) is 3.11. The van der Waals surface area contributed by atoms with Crippen molar-refractivity contribution in [3.05, 3.63) is 11.5 Å². The molecule has 0 spiro atoms. The van der Waals surface area contributed by atoms with Crippen LogP contribution in [0.5, 0.6) is 0 Å². The van der Waals surface area contributed by atoms with Crippen LogP contribution in [0.25, 0.3) is 0 Å².